The van der Waals surface area contributed by atoms with Crippen LogP contribution >= 0.6 is 23.2 Å². The zero-order valence-corrected chi connectivity index (χ0v) is 11.2. The minimum Gasteiger partial charge on any atom is -0.267 e. The molecule has 2 aromatic rings. The van der Waals surface area contributed by atoms with Crippen LogP contribution in [0.25, 0.3) is 0 Å². The molecule has 2 rings (SSSR count). The molecule has 0 radical (unpaired) electrons. The van der Waals surface area contributed by atoms with Crippen molar-refractivity contribution in [1.82, 2.24) is 10.4 Å². The standard InChI is InChI=1S/C13H9Cl2N3O/c14-11-2-1-10(7-12(11)15)13(19)18-17-8-9-3-5-16-6-4-9/h1-8H,(H,18,19)/b17-8-. The van der Waals surface area contributed by atoms with E-state index in [-0.39, 0.29) is 5.91 Å². The Hall–Kier alpha value is -1.91. The van der Waals surface area contributed by atoms with Crippen molar-refractivity contribution < 1.29 is 4.79 Å². The maximum Gasteiger partial charge on any atom is 0.271 e. The van der Waals surface area contributed by atoms with Crippen LogP contribution in [0.4, 0.5) is 0 Å². The first-order chi connectivity index (χ1) is 9.16. The van der Waals surface area contributed by atoms with Crippen molar-refractivity contribution in [3.8, 4) is 0 Å². The summed E-state index contributed by atoms with van der Waals surface area (Å²) in [5, 5.41) is 4.57. The van der Waals surface area contributed by atoms with E-state index in [4.69, 9.17) is 23.2 Å². The Morgan fingerprint density at radius 1 is 1.16 bits per heavy atom. The zero-order valence-electron chi connectivity index (χ0n) is 9.68. The van der Waals surface area contributed by atoms with Crippen molar-refractivity contribution in [1.29, 1.82) is 0 Å². The highest BCUT2D eigenvalue weighted by Gasteiger charge is 2.06. The fraction of sp³-hybridized carbons (Fsp3) is 0. The number of benzene rings is 1. The highest BCUT2D eigenvalue weighted by Crippen LogP contribution is 2.22. The van der Waals surface area contributed by atoms with Crippen LogP contribution < -0.4 is 5.43 Å². The molecular weight excluding hydrogens is 285 g/mol. The smallest absolute Gasteiger partial charge is 0.267 e. The first-order valence-electron chi connectivity index (χ1n) is 5.35. The zero-order chi connectivity index (χ0) is 13.7. The third kappa shape index (κ3) is 3.77. The number of hydrogen-bond acceptors (Lipinski definition) is 3. The number of rotatable bonds is 3. The minimum absolute atomic E-state index is 0.326. The summed E-state index contributed by atoms with van der Waals surface area (Å²) in [6, 6.07) is 8.17. The second-order valence-electron chi connectivity index (χ2n) is 3.61. The Balaban J connectivity index is 2.01. The number of halogens is 2. The Bertz CT molecular complexity index is 615. The summed E-state index contributed by atoms with van der Waals surface area (Å²) in [6.45, 7) is 0. The van der Waals surface area contributed by atoms with Gasteiger partial charge < -0.3 is 0 Å². The van der Waals surface area contributed by atoms with Gasteiger partial charge in [-0.05, 0) is 35.9 Å². The Labute approximate surface area is 120 Å². The van der Waals surface area contributed by atoms with Gasteiger partial charge in [-0.25, -0.2) is 5.43 Å². The molecule has 0 bridgehead atoms. The van der Waals surface area contributed by atoms with Crippen LogP contribution in [0, 0.1) is 0 Å². The van der Waals surface area contributed by atoms with Crippen LogP contribution in [-0.2, 0) is 0 Å². The predicted molar refractivity (Wildman–Crippen MR) is 75.8 cm³/mol. The molecule has 1 heterocycles. The molecule has 1 amide bonds. The maximum atomic E-state index is 11.8. The minimum atomic E-state index is -0.358. The second kappa shape index (κ2) is 6.31. The molecule has 0 fully saturated rings. The third-order valence-corrected chi connectivity index (χ3v) is 3.01. The lowest BCUT2D eigenvalue weighted by Gasteiger charge is -2.01. The number of pyridine rings is 1. The molecule has 0 unspecified atom stereocenters. The van der Waals surface area contributed by atoms with Crippen molar-refractivity contribution >= 4 is 35.3 Å². The van der Waals surface area contributed by atoms with E-state index in [9.17, 15) is 4.79 Å². The van der Waals surface area contributed by atoms with Crippen LogP contribution in [0.3, 0.4) is 0 Å². The first-order valence-corrected chi connectivity index (χ1v) is 6.11. The number of nitrogens with zero attached hydrogens (tertiary/aromatic N) is 2. The Morgan fingerprint density at radius 3 is 2.58 bits per heavy atom. The average molecular weight is 294 g/mol. The van der Waals surface area contributed by atoms with E-state index < -0.39 is 0 Å². The Morgan fingerprint density at radius 2 is 1.89 bits per heavy atom. The van der Waals surface area contributed by atoms with Crippen LogP contribution in [-0.4, -0.2) is 17.1 Å². The van der Waals surface area contributed by atoms with Crippen molar-refractivity contribution in [2.24, 2.45) is 5.10 Å². The lowest BCUT2D eigenvalue weighted by Crippen LogP contribution is -2.17. The van der Waals surface area contributed by atoms with Crippen LogP contribution in [0.1, 0.15) is 15.9 Å². The SMILES string of the molecule is O=C(N/N=C\c1ccncc1)c1ccc(Cl)c(Cl)c1. The summed E-state index contributed by atoms with van der Waals surface area (Å²) in [5.74, 6) is -0.358. The van der Waals surface area contributed by atoms with Crippen molar-refractivity contribution in [2.45, 2.75) is 0 Å². The highest BCUT2D eigenvalue weighted by molar-refractivity contribution is 6.42. The number of nitrogens with one attached hydrogen (secondary N) is 1. The summed E-state index contributed by atoms with van der Waals surface area (Å²) in [7, 11) is 0. The number of carbonyl (C=O) groups is 1. The molecule has 4 nitrogen and oxygen atoms in total. The van der Waals surface area contributed by atoms with Crippen LogP contribution in [0.15, 0.2) is 47.8 Å². The van der Waals surface area contributed by atoms with Gasteiger partial charge in [0.2, 0.25) is 0 Å². The normalized spacial score (nSPS) is 10.6. The number of carbonyl (C=O) groups excluding carboxylic acids is 1. The van der Waals surface area contributed by atoms with Gasteiger partial charge in [-0.15, -0.1) is 0 Å². The molecule has 96 valence electrons. The first kappa shape index (κ1) is 13.5. The van der Waals surface area contributed by atoms with Crippen molar-refractivity contribution in [2.75, 3.05) is 0 Å². The van der Waals surface area contributed by atoms with E-state index in [1.165, 1.54) is 12.3 Å². The van der Waals surface area contributed by atoms with Crippen LogP contribution in [0.5, 0.6) is 0 Å². The van der Waals surface area contributed by atoms with Gasteiger partial charge in [0.25, 0.3) is 5.91 Å². The van der Waals surface area contributed by atoms with E-state index in [1.54, 1.807) is 36.7 Å². The molecule has 0 aliphatic rings. The molecule has 1 aromatic carbocycles. The van der Waals surface area contributed by atoms with Gasteiger partial charge in [-0.1, -0.05) is 23.2 Å². The molecule has 0 aliphatic heterocycles. The molecule has 19 heavy (non-hydrogen) atoms. The lowest BCUT2D eigenvalue weighted by molar-refractivity contribution is 0.0955. The quantitative estimate of drug-likeness (QED) is 0.698. The lowest BCUT2D eigenvalue weighted by atomic mass is 10.2. The molecule has 6 heteroatoms. The van der Waals surface area contributed by atoms with Gasteiger partial charge in [-0.2, -0.15) is 5.10 Å². The van der Waals surface area contributed by atoms with E-state index in [0.29, 0.717) is 15.6 Å². The van der Waals surface area contributed by atoms with Gasteiger partial charge in [0.15, 0.2) is 0 Å². The summed E-state index contributed by atoms with van der Waals surface area (Å²) in [4.78, 5) is 15.6. The van der Waals surface area contributed by atoms with Gasteiger partial charge in [-0.3, -0.25) is 9.78 Å². The van der Waals surface area contributed by atoms with Gasteiger partial charge in [0, 0.05) is 18.0 Å². The molecular formula is C13H9Cl2N3O. The van der Waals surface area contributed by atoms with Crippen molar-refractivity contribution in [3.05, 3.63) is 63.9 Å². The molecule has 1 N–H and O–H groups in total. The monoisotopic (exact) mass is 293 g/mol. The van der Waals surface area contributed by atoms with Gasteiger partial charge in [0.1, 0.15) is 0 Å². The summed E-state index contributed by atoms with van der Waals surface area (Å²) in [5.41, 5.74) is 3.63. The average Bonchev–Trinajstić information content (AvgIpc) is 2.43. The maximum absolute atomic E-state index is 11.8. The van der Waals surface area contributed by atoms with E-state index in [2.05, 4.69) is 15.5 Å². The van der Waals surface area contributed by atoms with E-state index in [1.807, 2.05) is 0 Å². The summed E-state index contributed by atoms with van der Waals surface area (Å²) < 4.78 is 0. The number of amides is 1. The van der Waals surface area contributed by atoms with Crippen LogP contribution in [0.2, 0.25) is 10.0 Å². The molecule has 0 atom stereocenters. The number of hydrazone groups is 1. The second-order valence-corrected chi connectivity index (χ2v) is 4.42. The van der Waals surface area contributed by atoms with Crippen molar-refractivity contribution in [3.63, 3.8) is 0 Å². The predicted octanol–water partition coefficient (Wildman–Crippen LogP) is 3.15. The fourth-order valence-electron chi connectivity index (χ4n) is 1.32. The van der Waals surface area contributed by atoms with E-state index in [0.717, 1.165) is 5.56 Å². The number of aromatic nitrogens is 1. The largest absolute Gasteiger partial charge is 0.271 e. The Kier molecular flexibility index (Phi) is 4.49. The van der Waals surface area contributed by atoms with Gasteiger partial charge >= 0.3 is 0 Å². The molecule has 0 saturated carbocycles. The fourth-order valence-corrected chi connectivity index (χ4v) is 1.61. The highest BCUT2D eigenvalue weighted by atomic mass is 35.5. The molecule has 0 aliphatic carbocycles. The molecule has 1 aromatic heterocycles. The number of hydrogen-bond donors (Lipinski definition) is 1. The summed E-state index contributed by atoms with van der Waals surface area (Å²) in [6.07, 6.45) is 4.81. The topological polar surface area (TPSA) is 54.4 Å². The van der Waals surface area contributed by atoms with Gasteiger partial charge in [0.05, 0.1) is 16.3 Å². The third-order valence-electron chi connectivity index (χ3n) is 2.27. The van der Waals surface area contributed by atoms with E-state index >= 15 is 0 Å². The molecule has 0 spiro atoms. The molecule has 0 saturated heterocycles. The summed E-state index contributed by atoms with van der Waals surface area (Å²) >= 11 is 11.6.